The van der Waals surface area contributed by atoms with Gasteiger partial charge in [0.15, 0.2) is 5.82 Å². The minimum Gasteiger partial charge on any atom is -0.353 e. The molecule has 0 aliphatic carbocycles. The van der Waals surface area contributed by atoms with E-state index >= 15 is 0 Å². The quantitative estimate of drug-likeness (QED) is 0.510. The fourth-order valence-electron chi connectivity index (χ4n) is 4.09. The molecule has 1 aliphatic heterocycles. The third kappa shape index (κ3) is 3.79. The predicted molar refractivity (Wildman–Crippen MR) is 116 cm³/mol. The Morgan fingerprint density at radius 2 is 1.73 bits per heavy atom. The van der Waals surface area contributed by atoms with Gasteiger partial charge in [0.25, 0.3) is 0 Å². The predicted octanol–water partition coefficient (Wildman–Crippen LogP) is 3.30. The number of alkyl halides is 3. The number of hydrogen-bond acceptors (Lipinski definition) is 5. The molecule has 0 spiro atoms. The van der Waals surface area contributed by atoms with Crippen LogP contribution in [-0.2, 0) is 17.5 Å². The SMILES string of the molecule is O=C(Cn1nc2c(N3CCCC3)nc3ccccc3n2c1=O)Nc1ccccc1C(F)(F)F. The number of carbonyl (C=O) groups excluding carboxylic acids is 1. The van der Waals surface area contributed by atoms with Crippen LogP contribution in [0.4, 0.5) is 24.7 Å². The second-order valence-electron chi connectivity index (χ2n) is 7.81. The molecule has 0 atom stereocenters. The number of amides is 1. The third-order valence-electron chi connectivity index (χ3n) is 5.59. The van der Waals surface area contributed by atoms with E-state index in [4.69, 9.17) is 4.98 Å². The van der Waals surface area contributed by atoms with Gasteiger partial charge >= 0.3 is 11.9 Å². The van der Waals surface area contributed by atoms with Crippen LogP contribution >= 0.6 is 0 Å². The number of para-hydroxylation sites is 3. The summed E-state index contributed by atoms with van der Waals surface area (Å²) in [7, 11) is 0. The Hall–Kier alpha value is -3.89. The maximum absolute atomic E-state index is 13.2. The second kappa shape index (κ2) is 7.91. The number of hydrogen-bond donors (Lipinski definition) is 1. The highest BCUT2D eigenvalue weighted by molar-refractivity contribution is 5.91. The number of nitrogens with one attached hydrogen (secondary N) is 1. The molecule has 1 fully saturated rings. The standard InChI is InChI=1S/C22H19F3N6O2/c23-22(24,25)14-7-1-2-8-15(14)26-18(32)13-30-21(33)31-17-10-4-3-9-16(17)27-19(20(31)28-30)29-11-5-6-12-29/h1-4,7-10H,5-6,11-13H2,(H,26,32). The van der Waals surface area contributed by atoms with Crippen molar-refractivity contribution in [2.45, 2.75) is 25.6 Å². The number of aromatic nitrogens is 4. The minimum atomic E-state index is -4.63. The van der Waals surface area contributed by atoms with Crippen LogP contribution in [0.25, 0.3) is 16.7 Å². The maximum Gasteiger partial charge on any atom is 0.418 e. The molecule has 2 aromatic carbocycles. The summed E-state index contributed by atoms with van der Waals surface area (Å²) in [5.41, 5.74) is -0.456. The van der Waals surface area contributed by atoms with E-state index in [1.54, 1.807) is 18.2 Å². The molecule has 2 aromatic heterocycles. The van der Waals surface area contributed by atoms with Crippen molar-refractivity contribution >= 4 is 34.1 Å². The number of rotatable bonds is 4. The summed E-state index contributed by atoms with van der Waals surface area (Å²) < 4.78 is 42.1. The summed E-state index contributed by atoms with van der Waals surface area (Å²) in [4.78, 5) is 32.5. The molecule has 1 N–H and O–H groups in total. The van der Waals surface area contributed by atoms with Gasteiger partial charge < -0.3 is 10.2 Å². The largest absolute Gasteiger partial charge is 0.418 e. The highest BCUT2D eigenvalue weighted by Gasteiger charge is 2.33. The Bertz CT molecular complexity index is 1420. The van der Waals surface area contributed by atoms with Crippen LogP contribution in [0.3, 0.4) is 0 Å². The summed E-state index contributed by atoms with van der Waals surface area (Å²) in [6.45, 7) is 1.01. The zero-order valence-electron chi connectivity index (χ0n) is 17.3. The number of halogens is 3. The van der Waals surface area contributed by atoms with Crippen molar-refractivity contribution in [1.82, 2.24) is 19.2 Å². The smallest absolute Gasteiger partial charge is 0.353 e. The number of nitrogens with zero attached hydrogens (tertiary/aromatic N) is 5. The average Bonchev–Trinajstić information content (AvgIpc) is 3.42. The second-order valence-corrected chi connectivity index (χ2v) is 7.81. The van der Waals surface area contributed by atoms with Crippen molar-refractivity contribution in [3.8, 4) is 0 Å². The molecule has 4 aromatic rings. The molecule has 0 radical (unpaired) electrons. The fraction of sp³-hybridized carbons (Fsp3) is 0.273. The molecule has 1 aliphatic rings. The first-order valence-corrected chi connectivity index (χ1v) is 10.4. The zero-order valence-corrected chi connectivity index (χ0v) is 17.3. The molecule has 3 heterocycles. The van der Waals surface area contributed by atoms with Crippen molar-refractivity contribution < 1.29 is 18.0 Å². The molecular formula is C22H19F3N6O2. The maximum atomic E-state index is 13.2. The average molecular weight is 456 g/mol. The lowest BCUT2D eigenvalue weighted by Crippen LogP contribution is -2.29. The first-order valence-electron chi connectivity index (χ1n) is 10.4. The van der Waals surface area contributed by atoms with E-state index in [2.05, 4.69) is 10.4 Å². The molecule has 33 heavy (non-hydrogen) atoms. The summed E-state index contributed by atoms with van der Waals surface area (Å²) in [5, 5.41) is 6.59. The van der Waals surface area contributed by atoms with E-state index in [0.717, 1.165) is 42.7 Å². The Kier molecular flexibility index (Phi) is 5.03. The van der Waals surface area contributed by atoms with Crippen molar-refractivity contribution in [1.29, 1.82) is 0 Å². The normalized spacial score (nSPS) is 14.3. The van der Waals surface area contributed by atoms with Gasteiger partial charge in [0.05, 0.1) is 22.3 Å². The monoisotopic (exact) mass is 456 g/mol. The highest BCUT2D eigenvalue weighted by atomic mass is 19.4. The lowest BCUT2D eigenvalue weighted by atomic mass is 10.1. The van der Waals surface area contributed by atoms with Gasteiger partial charge in [-0.05, 0) is 37.1 Å². The highest BCUT2D eigenvalue weighted by Crippen LogP contribution is 2.34. The Morgan fingerprint density at radius 3 is 2.48 bits per heavy atom. The molecule has 1 amide bonds. The van der Waals surface area contributed by atoms with Gasteiger partial charge in [0, 0.05) is 13.1 Å². The van der Waals surface area contributed by atoms with E-state index in [1.165, 1.54) is 16.5 Å². The van der Waals surface area contributed by atoms with E-state index in [1.807, 2.05) is 11.0 Å². The first-order chi connectivity index (χ1) is 15.8. The topological polar surface area (TPSA) is 84.5 Å². The van der Waals surface area contributed by atoms with Gasteiger partial charge in [-0.3, -0.25) is 4.79 Å². The molecule has 0 saturated carbocycles. The number of benzene rings is 2. The van der Waals surface area contributed by atoms with Crippen LogP contribution in [0.2, 0.25) is 0 Å². The van der Waals surface area contributed by atoms with Crippen LogP contribution in [0.15, 0.2) is 53.3 Å². The van der Waals surface area contributed by atoms with Crippen LogP contribution in [0.5, 0.6) is 0 Å². The molecule has 11 heteroatoms. The molecular weight excluding hydrogens is 437 g/mol. The zero-order chi connectivity index (χ0) is 23.2. The number of fused-ring (bicyclic) bond motifs is 3. The molecule has 5 rings (SSSR count). The Morgan fingerprint density at radius 1 is 1.03 bits per heavy atom. The first kappa shape index (κ1) is 21.0. The van der Waals surface area contributed by atoms with Gasteiger partial charge in [0.2, 0.25) is 11.6 Å². The van der Waals surface area contributed by atoms with Gasteiger partial charge in [-0.15, -0.1) is 5.10 Å². The van der Waals surface area contributed by atoms with Crippen molar-refractivity contribution in [2.75, 3.05) is 23.3 Å². The number of carbonyl (C=O) groups is 1. The summed E-state index contributed by atoms with van der Waals surface area (Å²) in [5.74, 6) is -0.248. The third-order valence-corrected chi connectivity index (χ3v) is 5.59. The van der Waals surface area contributed by atoms with Crippen molar-refractivity contribution in [3.63, 3.8) is 0 Å². The van der Waals surface area contributed by atoms with Crippen LogP contribution in [-0.4, -0.2) is 38.2 Å². The van der Waals surface area contributed by atoms with Crippen molar-refractivity contribution in [2.24, 2.45) is 0 Å². The van der Waals surface area contributed by atoms with Crippen LogP contribution in [0.1, 0.15) is 18.4 Å². The van der Waals surface area contributed by atoms with Crippen LogP contribution in [0, 0.1) is 0 Å². The summed E-state index contributed by atoms with van der Waals surface area (Å²) >= 11 is 0. The summed E-state index contributed by atoms with van der Waals surface area (Å²) in [6.07, 6.45) is -2.64. The van der Waals surface area contributed by atoms with Gasteiger partial charge in [-0.2, -0.15) is 13.2 Å². The summed E-state index contributed by atoms with van der Waals surface area (Å²) in [6, 6.07) is 11.8. The fourth-order valence-corrected chi connectivity index (χ4v) is 4.09. The van der Waals surface area contributed by atoms with Gasteiger partial charge in [0.1, 0.15) is 6.54 Å². The Balaban J connectivity index is 1.54. The van der Waals surface area contributed by atoms with Gasteiger partial charge in [-0.25, -0.2) is 18.9 Å². The van der Waals surface area contributed by atoms with Gasteiger partial charge in [-0.1, -0.05) is 24.3 Å². The number of anilines is 2. The Labute approximate surface area is 185 Å². The van der Waals surface area contributed by atoms with Crippen molar-refractivity contribution in [3.05, 3.63) is 64.6 Å². The van der Waals surface area contributed by atoms with Crippen LogP contribution < -0.4 is 15.9 Å². The van der Waals surface area contributed by atoms with E-state index in [9.17, 15) is 22.8 Å². The molecule has 8 nitrogen and oxygen atoms in total. The lowest BCUT2D eigenvalue weighted by Gasteiger charge is -2.17. The van der Waals surface area contributed by atoms with E-state index in [-0.39, 0.29) is 5.69 Å². The molecule has 170 valence electrons. The molecule has 1 saturated heterocycles. The lowest BCUT2D eigenvalue weighted by molar-refractivity contribution is -0.137. The van der Waals surface area contributed by atoms with E-state index in [0.29, 0.717) is 22.5 Å². The molecule has 0 unspecified atom stereocenters. The van der Waals surface area contributed by atoms with E-state index < -0.39 is 29.9 Å². The minimum absolute atomic E-state index is 0.309. The molecule has 0 bridgehead atoms.